The van der Waals surface area contributed by atoms with Crippen molar-refractivity contribution in [2.45, 2.75) is 19.4 Å². The largest absolute Gasteiger partial charge is 0.378 e. The van der Waals surface area contributed by atoms with Crippen LogP contribution in [0.2, 0.25) is 0 Å². The van der Waals surface area contributed by atoms with Gasteiger partial charge in [0.25, 0.3) is 0 Å². The number of nitrogens with zero attached hydrogens (tertiary/aromatic N) is 2. The first-order valence-corrected chi connectivity index (χ1v) is 7.41. The molecule has 1 fully saturated rings. The van der Waals surface area contributed by atoms with Gasteiger partial charge < -0.3 is 20.3 Å². The van der Waals surface area contributed by atoms with Crippen LogP contribution in [0.25, 0.3) is 0 Å². The lowest BCUT2D eigenvalue weighted by Gasteiger charge is -2.39. The van der Waals surface area contributed by atoms with Crippen LogP contribution in [-0.4, -0.2) is 87.8 Å². The minimum atomic E-state index is -0.453. The lowest BCUT2D eigenvalue weighted by molar-refractivity contribution is -0.132. The fraction of sp³-hybridized carbons (Fsp3) is 0.929. The van der Waals surface area contributed by atoms with Gasteiger partial charge in [0.1, 0.15) is 0 Å². The molecule has 6 heteroatoms. The van der Waals surface area contributed by atoms with Gasteiger partial charge in [-0.15, -0.1) is 0 Å². The highest BCUT2D eigenvalue weighted by molar-refractivity contribution is 5.85. The topological polar surface area (TPSA) is 56.8 Å². The van der Waals surface area contributed by atoms with E-state index >= 15 is 0 Å². The molecule has 1 aliphatic rings. The van der Waals surface area contributed by atoms with Crippen LogP contribution in [0.4, 0.5) is 0 Å². The zero-order chi connectivity index (χ0) is 15.0. The molecule has 0 spiro atoms. The van der Waals surface area contributed by atoms with Crippen LogP contribution < -0.4 is 10.6 Å². The minimum Gasteiger partial charge on any atom is -0.378 e. The number of ether oxygens (including phenoxy) is 1. The minimum absolute atomic E-state index is 0.0793. The summed E-state index contributed by atoms with van der Waals surface area (Å²) in [7, 11) is 4.03. The molecule has 0 aromatic rings. The first-order valence-electron chi connectivity index (χ1n) is 7.41. The number of piperazine rings is 1. The van der Waals surface area contributed by atoms with Crippen molar-refractivity contribution in [3.05, 3.63) is 0 Å². The van der Waals surface area contributed by atoms with Crippen molar-refractivity contribution in [1.82, 2.24) is 20.4 Å². The van der Waals surface area contributed by atoms with Crippen LogP contribution in [0.15, 0.2) is 0 Å². The molecular weight excluding hydrogens is 256 g/mol. The summed E-state index contributed by atoms with van der Waals surface area (Å²) in [6, 6.07) is 0. The summed E-state index contributed by atoms with van der Waals surface area (Å²) >= 11 is 0. The Morgan fingerprint density at radius 1 is 1.30 bits per heavy atom. The first kappa shape index (κ1) is 17.4. The molecule has 0 aromatic heterocycles. The molecule has 1 saturated heterocycles. The number of rotatable bonds is 8. The second-order valence-electron chi connectivity index (χ2n) is 5.97. The third-order valence-corrected chi connectivity index (χ3v) is 3.68. The summed E-state index contributed by atoms with van der Waals surface area (Å²) in [6.45, 7) is 10.4. The molecule has 1 aliphatic heterocycles. The summed E-state index contributed by atoms with van der Waals surface area (Å²) in [6.07, 6.45) is 0. The van der Waals surface area contributed by atoms with Crippen molar-refractivity contribution in [1.29, 1.82) is 0 Å². The molecule has 2 N–H and O–H groups in total. The SMILES string of the molecule is CN(C)CCOCCNC(=O)C(C)(C)N1CCNCC1. The third-order valence-electron chi connectivity index (χ3n) is 3.68. The van der Waals surface area contributed by atoms with Gasteiger partial charge in [-0.3, -0.25) is 9.69 Å². The van der Waals surface area contributed by atoms with Crippen molar-refractivity contribution in [3.8, 4) is 0 Å². The predicted molar refractivity (Wildman–Crippen MR) is 80.9 cm³/mol. The number of amides is 1. The Hall–Kier alpha value is -0.690. The van der Waals surface area contributed by atoms with Crippen molar-refractivity contribution >= 4 is 5.91 Å². The number of nitrogens with one attached hydrogen (secondary N) is 2. The molecule has 118 valence electrons. The zero-order valence-corrected chi connectivity index (χ0v) is 13.4. The molecule has 1 amide bonds. The molecule has 0 unspecified atom stereocenters. The lowest BCUT2D eigenvalue weighted by Crippen LogP contribution is -2.60. The Morgan fingerprint density at radius 2 is 1.95 bits per heavy atom. The fourth-order valence-electron chi connectivity index (χ4n) is 2.17. The quantitative estimate of drug-likeness (QED) is 0.582. The molecule has 20 heavy (non-hydrogen) atoms. The Labute approximate surface area is 122 Å². The molecular formula is C14H30N4O2. The number of carbonyl (C=O) groups is 1. The van der Waals surface area contributed by atoms with E-state index in [-0.39, 0.29) is 5.91 Å². The fourth-order valence-corrected chi connectivity index (χ4v) is 2.17. The highest BCUT2D eigenvalue weighted by Gasteiger charge is 2.34. The van der Waals surface area contributed by atoms with E-state index in [2.05, 4.69) is 20.4 Å². The summed E-state index contributed by atoms with van der Waals surface area (Å²) < 4.78 is 5.47. The van der Waals surface area contributed by atoms with E-state index in [1.807, 2.05) is 27.9 Å². The van der Waals surface area contributed by atoms with Crippen LogP contribution in [0.3, 0.4) is 0 Å². The van der Waals surface area contributed by atoms with Crippen LogP contribution in [0, 0.1) is 0 Å². The lowest BCUT2D eigenvalue weighted by atomic mass is 10.0. The highest BCUT2D eigenvalue weighted by Crippen LogP contribution is 2.14. The summed E-state index contributed by atoms with van der Waals surface area (Å²) in [5, 5.41) is 6.27. The van der Waals surface area contributed by atoms with Gasteiger partial charge in [0.15, 0.2) is 0 Å². The Morgan fingerprint density at radius 3 is 2.55 bits per heavy atom. The maximum atomic E-state index is 12.3. The maximum absolute atomic E-state index is 12.3. The predicted octanol–water partition coefficient (Wildman–Crippen LogP) is -0.635. The van der Waals surface area contributed by atoms with Gasteiger partial charge >= 0.3 is 0 Å². The Balaban J connectivity index is 2.20. The molecule has 0 radical (unpaired) electrons. The summed E-state index contributed by atoms with van der Waals surface area (Å²) in [5.74, 6) is 0.0793. The number of hydrogen-bond acceptors (Lipinski definition) is 5. The number of hydrogen-bond donors (Lipinski definition) is 2. The van der Waals surface area contributed by atoms with Crippen LogP contribution >= 0.6 is 0 Å². The highest BCUT2D eigenvalue weighted by atomic mass is 16.5. The van der Waals surface area contributed by atoms with Crippen LogP contribution in [0.5, 0.6) is 0 Å². The third kappa shape index (κ3) is 5.75. The van der Waals surface area contributed by atoms with Gasteiger partial charge in [-0.25, -0.2) is 0 Å². The molecule has 0 saturated carbocycles. The zero-order valence-electron chi connectivity index (χ0n) is 13.4. The second kappa shape index (κ2) is 8.56. The average Bonchev–Trinajstić information content (AvgIpc) is 2.43. The van der Waals surface area contributed by atoms with Gasteiger partial charge in [0.2, 0.25) is 5.91 Å². The molecule has 0 aliphatic carbocycles. The van der Waals surface area contributed by atoms with Gasteiger partial charge in [0.05, 0.1) is 18.8 Å². The monoisotopic (exact) mass is 286 g/mol. The molecule has 0 aromatic carbocycles. The number of carbonyl (C=O) groups excluding carboxylic acids is 1. The standard InChI is InChI=1S/C14H30N4O2/c1-14(2,18-8-5-15-6-9-18)13(19)16-7-11-20-12-10-17(3)4/h15H,5-12H2,1-4H3,(H,16,19). The van der Waals surface area contributed by atoms with E-state index in [0.717, 1.165) is 32.7 Å². The number of likely N-dealkylation sites (N-methyl/N-ethyl adjacent to an activating group) is 1. The van der Waals surface area contributed by atoms with E-state index in [9.17, 15) is 4.79 Å². The average molecular weight is 286 g/mol. The smallest absolute Gasteiger partial charge is 0.240 e. The molecule has 1 heterocycles. The van der Waals surface area contributed by atoms with Crippen molar-refractivity contribution in [2.75, 3.05) is 66.6 Å². The van der Waals surface area contributed by atoms with Crippen molar-refractivity contribution < 1.29 is 9.53 Å². The maximum Gasteiger partial charge on any atom is 0.240 e. The first-order chi connectivity index (χ1) is 9.44. The van der Waals surface area contributed by atoms with Crippen molar-refractivity contribution in [3.63, 3.8) is 0 Å². The molecule has 0 bridgehead atoms. The summed E-state index contributed by atoms with van der Waals surface area (Å²) in [5.41, 5.74) is -0.453. The van der Waals surface area contributed by atoms with E-state index in [0.29, 0.717) is 19.8 Å². The van der Waals surface area contributed by atoms with Crippen molar-refractivity contribution in [2.24, 2.45) is 0 Å². The van der Waals surface area contributed by atoms with E-state index in [1.165, 1.54) is 0 Å². The molecule has 0 atom stereocenters. The van der Waals surface area contributed by atoms with Gasteiger partial charge in [-0.05, 0) is 27.9 Å². The Kier molecular flexibility index (Phi) is 7.43. The second-order valence-corrected chi connectivity index (χ2v) is 5.97. The van der Waals surface area contributed by atoms with E-state index < -0.39 is 5.54 Å². The van der Waals surface area contributed by atoms with Crippen LogP contribution in [0.1, 0.15) is 13.8 Å². The Bertz CT molecular complexity index is 289. The van der Waals surface area contributed by atoms with E-state index in [4.69, 9.17) is 4.74 Å². The summed E-state index contributed by atoms with van der Waals surface area (Å²) in [4.78, 5) is 16.6. The van der Waals surface area contributed by atoms with Gasteiger partial charge in [-0.1, -0.05) is 0 Å². The van der Waals surface area contributed by atoms with Gasteiger partial charge in [-0.2, -0.15) is 0 Å². The van der Waals surface area contributed by atoms with E-state index in [1.54, 1.807) is 0 Å². The van der Waals surface area contributed by atoms with Crippen LogP contribution in [-0.2, 0) is 9.53 Å². The molecule has 6 nitrogen and oxygen atoms in total. The normalized spacial score (nSPS) is 17.4. The molecule has 1 rings (SSSR count). The van der Waals surface area contributed by atoms with Gasteiger partial charge in [0, 0.05) is 39.3 Å².